The molecule has 3 N–H and O–H groups in total. The molecule has 0 aromatic rings. The molecular formula is C10H20NO2. The van der Waals surface area contributed by atoms with Crippen molar-refractivity contribution in [2.75, 3.05) is 0 Å². The predicted octanol–water partition coefficient (Wildman–Crippen LogP) is 0.816. The van der Waals surface area contributed by atoms with Crippen LogP contribution in [0.25, 0.3) is 0 Å². The second kappa shape index (κ2) is 4.40. The van der Waals surface area contributed by atoms with Crippen LogP contribution in [0.2, 0.25) is 0 Å². The summed E-state index contributed by atoms with van der Waals surface area (Å²) in [5.74, 6) is 0.665. The predicted molar refractivity (Wildman–Crippen MR) is 51.1 cm³/mol. The first kappa shape index (κ1) is 11.0. The molecule has 0 heterocycles. The average molecular weight is 186 g/mol. The fraction of sp³-hybridized carbons (Fsp3) is 1.00. The normalized spacial score (nSPS) is 24.5. The maximum Gasteiger partial charge on any atom is 0.0967 e. The summed E-state index contributed by atoms with van der Waals surface area (Å²) < 4.78 is 0. The Morgan fingerprint density at radius 2 is 1.85 bits per heavy atom. The summed E-state index contributed by atoms with van der Waals surface area (Å²) in [6, 6.07) is -0.532. The Labute approximate surface area is 79.9 Å². The van der Waals surface area contributed by atoms with E-state index in [9.17, 15) is 10.2 Å². The highest BCUT2D eigenvalue weighted by molar-refractivity contribution is 4.89. The van der Waals surface area contributed by atoms with Gasteiger partial charge in [0.15, 0.2) is 0 Å². The third-order valence-electron chi connectivity index (χ3n) is 2.59. The molecular weight excluding hydrogens is 166 g/mol. The number of rotatable bonds is 5. The van der Waals surface area contributed by atoms with Gasteiger partial charge < -0.3 is 10.2 Å². The molecule has 0 saturated heterocycles. The lowest BCUT2D eigenvalue weighted by Crippen LogP contribution is -2.40. The molecule has 3 atom stereocenters. The number of hydrogen-bond acceptors (Lipinski definition) is 2. The highest BCUT2D eigenvalue weighted by atomic mass is 16.3. The van der Waals surface area contributed by atoms with E-state index in [0.717, 1.165) is 12.8 Å². The molecule has 1 aliphatic carbocycles. The van der Waals surface area contributed by atoms with Gasteiger partial charge >= 0.3 is 0 Å². The van der Waals surface area contributed by atoms with E-state index in [1.165, 1.54) is 0 Å². The zero-order chi connectivity index (χ0) is 10.0. The Kier molecular flexibility index (Phi) is 3.71. The molecule has 1 rings (SSSR count). The maximum atomic E-state index is 9.61. The molecule has 0 amide bonds. The van der Waals surface area contributed by atoms with Crippen LogP contribution in [-0.2, 0) is 0 Å². The number of aliphatic hydroxyl groups excluding tert-OH is 2. The van der Waals surface area contributed by atoms with Gasteiger partial charge in [-0.3, -0.25) is 5.73 Å². The van der Waals surface area contributed by atoms with Crippen molar-refractivity contribution in [1.29, 1.82) is 0 Å². The summed E-state index contributed by atoms with van der Waals surface area (Å²) in [7, 11) is 0. The summed E-state index contributed by atoms with van der Waals surface area (Å²) in [6.07, 6.45) is 1.15. The van der Waals surface area contributed by atoms with E-state index in [-0.39, 0.29) is 5.92 Å². The van der Waals surface area contributed by atoms with Crippen LogP contribution in [0.3, 0.4) is 0 Å². The van der Waals surface area contributed by atoms with Gasteiger partial charge in [-0.15, -0.1) is 0 Å². The van der Waals surface area contributed by atoms with E-state index in [0.29, 0.717) is 12.3 Å². The Balaban J connectivity index is 2.31. The summed E-state index contributed by atoms with van der Waals surface area (Å²) in [4.78, 5) is 0. The molecule has 0 unspecified atom stereocenters. The van der Waals surface area contributed by atoms with Crippen molar-refractivity contribution in [1.82, 2.24) is 5.73 Å². The fourth-order valence-electron chi connectivity index (χ4n) is 1.60. The van der Waals surface area contributed by atoms with Crippen LogP contribution >= 0.6 is 0 Å². The molecule has 13 heavy (non-hydrogen) atoms. The van der Waals surface area contributed by atoms with Gasteiger partial charge in [0.1, 0.15) is 0 Å². The van der Waals surface area contributed by atoms with Crippen molar-refractivity contribution in [2.24, 2.45) is 11.8 Å². The van der Waals surface area contributed by atoms with Crippen molar-refractivity contribution in [3.8, 4) is 0 Å². The first-order chi connectivity index (χ1) is 6.02. The Bertz CT molecular complexity index is 157. The molecule has 0 aromatic carbocycles. The molecule has 1 aliphatic rings. The van der Waals surface area contributed by atoms with Crippen molar-refractivity contribution < 1.29 is 10.2 Å². The molecule has 77 valence electrons. The lowest BCUT2D eigenvalue weighted by Gasteiger charge is -2.24. The summed E-state index contributed by atoms with van der Waals surface area (Å²) in [6.45, 7) is 4.05. The fourth-order valence-corrected chi connectivity index (χ4v) is 1.60. The molecule has 0 bridgehead atoms. The van der Waals surface area contributed by atoms with Gasteiger partial charge in [0.25, 0.3) is 0 Å². The summed E-state index contributed by atoms with van der Waals surface area (Å²) >= 11 is 0. The molecule has 1 radical (unpaired) electrons. The van der Waals surface area contributed by atoms with E-state index < -0.39 is 18.2 Å². The van der Waals surface area contributed by atoms with E-state index in [4.69, 9.17) is 5.73 Å². The minimum Gasteiger partial charge on any atom is -0.390 e. The number of nitrogens with one attached hydrogen (secondary N) is 1. The first-order valence-electron chi connectivity index (χ1n) is 5.09. The van der Waals surface area contributed by atoms with Crippen LogP contribution in [0, 0.1) is 11.8 Å². The highest BCUT2D eigenvalue weighted by Gasteiger charge is 2.37. The van der Waals surface area contributed by atoms with Crippen LogP contribution < -0.4 is 5.73 Å². The van der Waals surface area contributed by atoms with Gasteiger partial charge in [0.2, 0.25) is 0 Å². The molecule has 0 aromatic heterocycles. The van der Waals surface area contributed by atoms with E-state index in [1.807, 2.05) is 13.8 Å². The third-order valence-corrected chi connectivity index (χ3v) is 2.59. The van der Waals surface area contributed by atoms with E-state index in [1.54, 1.807) is 0 Å². The molecule has 1 fully saturated rings. The lowest BCUT2D eigenvalue weighted by molar-refractivity contribution is -0.0131. The topological polar surface area (TPSA) is 64.3 Å². The van der Waals surface area contributed by atoms with Crippen molar-refractivity contribution in [3.05, 3.63) is 0 Å². The van der Waals surface area contributed by atoms with Gasteiger partial charge in [-0.25, -0.2) is 0 Å². The Morgan fingerprint density at radius 3 is 2.23 bits per heavy atom. The maximum absolute atomic E-state index is 9.61. The summed E-state index contributed by atoms with van der Waals surface area (Å²) in [5.41, 5.74) is 7.65. The lowest BCUT2D eigenvalue weighted by atomic mass is 9.95. The molecule has 0 aliphatic heterocycles. The zero-order valence-electron chi connectivity index (χ0n) is 8.40. The summed E-state index contributed by atoms with van der Waals surface area (Å²) in [5, 5.41) is 19.2. The van der Waals surface area contributed by atoms with Crippen LogP contribution in [0.1, 0.15) is 33.1 Å². The molecule has 3 heteroatoms. The van der Waals surface area contributed by atoms with Crippen molar-refractivity contribution in [2.45, 2.75) is 51.4 Å². The molecule has 3 nitrogen and oxygen atoms in total. The first-order valence-corrected chi connectivity index (χ1v) is 5.09. The van der Waals surface area contributed by atoms with Crippen LogP contribution in [0.4, 0.5) is 0 Å². The van der Waals surface area contributed by atoms with Crippen molar-refractivity contribution >= 4 is 0 Å². The number of hydrogen-bond donors (Lipinski definition) is 2. The SMILES string of the molecule is CC(C)C[C@H]([NH])[C@@H](O)[C@@H](O)C1CC1. The van der Waals surface area contributed by atoms with Crippen LogP contribution in [0.15, 0.2) is 0 Å². The van der Waals surface area contributed by atoms with Crippen molar-refractivity contribution in [3.63, 3.8) is 0 Å². The molecule has 0 spiro atoms. The van der Waals surface area contributed by atoms with Crippen LogP contribution in [-0.4, -0.2) is 28.5 Å². The largest absolute Gasteiger partial charge is 0.390 e. The zero-order valence-corrected chi connectivity index (χ0v) is 8.40. The Morgan fingerprint density at radius 1 is 1.31 bits per heavy atom. The van der Waals surface area contributed by atoms with Gasteiger partial charge in [-0.05, 0) is 31.1 Å². The quantitative estimate of drug-likeness (QED) is 0.667. The second-order valence-electron chi connectivity index (χ2n) is 4.55. The minimum absolute atomic E-state index is 0.259. The van der Waals surface area contributed by atoms with Crippen LogP contribution in [0.5, 0.6) is 0 Å². The standard InChI is InChI=1S/C10H20NO2/c1-6(2)5-8(11)10(13)9(12)7-3-4-7/h6-13H,3-5H2,1-2H3/t8-,9-,10+/m0/s1. The van der Waals surface area contributed by atoms with Gasteiger partial charge in [-0.1, -0.05) is 13.8 Å². The van der Waals surface area contributed by atoms with E-state index >= 15 is 0 Å². The minimum atomic E-state index is -0.852. The smallest absolute Gasteiger partial charge is 0.0967 e. The number of aliphatic hydroxyl groups is 2. The Hall–Kier alpha value is -0.120. The highest BCUT2D eigenvalue weighted by Crippen LogP contribution is 2.34. The van der Waals surface area contributed by atoms with Gasteiger partial charge in [0.05, 0.1) is 18.2 Å². The average Bonchev–Trinajstić information content (AvgIpc) is 2.82. The second-order valence-corrected chi connectivity index (χ2v) is 4.55. The van der Waals surface area contributed by atoms with Gasteiger partial charge in [0, 0.05) is 0 Å². The monoisotopic (exact) mass is 186 g/mol. The van der Waals surface area contributed by atoms with Gasteiger partial charge in [-0.2, -0.15) is 0 Å². The molecule has 1 saturated carbocycles. The third kappa shape index (κ3) is 3.25. The van der Waals surface area contributed by atoms with E-state index in [2.05, 4.69) is 0 Å².